The average Bonchev–Trinajstić information content (AvgIpc) is 2.98. The molecule has 2 aromatic rings. The summed E-state index contributed by atoms with van der Waals surface area (Å²) in [4.78, 5) is 17.6. The summed E-state index contributed by atoms with van der Waals surface area (Å²) < 4.78 is 12.3. The fourth-order valence-electron chi connectivity index (χ4n) is 2.16. The number of esters is 1. The monoisotopic (exact) mass is 332 g/mol. The fourth-order valence-corrected chi connectivity index (χ4v) is 2.71. The third kappa shape index (κ3) is 3.96. The molecule has 0 fully saturated rings. The summed E-state index contributed by atoms with van der Waals surface area (Å²) in [5, 5.41) is 0. The van der Waals surface area contributed by atoms with Crippen LogP contribution >= 0.6 is 11.8 Å². The molecule has 0 aliphatic heterocycles. The van der Waals surface area contributed by atoms with E-state index in [-0.39, 0.29) is 0 Å². The molecule has 0 radical (unpaired) electrons. The van der Waals surface area contributed by atoms with Gasteiger partial charge in [0.15, 0.2) is 0 Å². The van der Waals surface area contributed by atoms with Crippen LogP contribution < -0.4 is 4.74 Å². The van der Waals surface area contributed by atoms with Gasteiger partial charge >= 0.3 is 5.97 Å². The Labute approximate surface area is 140 Å². The van der Waals surface area contributed by atoms with Crippen LogP contribution in [0.5, 0.6) is 5.75 Å². The molecule has 1 aromatic carbocycles. The van der Waals surface area contributed by atoms with E-state index in [9.17, 15) is 4.79 Å². The summed E-state index contributed by atoms with van der Waals surface area (Å²) >= 11 is 1.61. The number of ether oxygens (including phenoxy) is 2. The van der Waals surface area contributed by atoms with Gasteiger partial charge in [0.2, 0.25) is 0 Å². The van der Waals surface area contributed by atoms with Gasteiger partial charge in [0.05, 0.1) is 13.7 Å². The number of aromatic nitrogens is 2. The topological polar surface area (TPSA) is 53.4 Å². The second-order valence-corrected chi connectivity index (χ2v) is 5.60. The summed E-state index contributed by atoms with van der Waals surface area (Å²) in [5.74, 6) is 0.945. The molecule has 2 rings (SSSR count). The molecule has 0 aliphatic rings. The largest absolute Gasteiger partial charge is 0.496 e. The highest BCUT2D eigenvalue weighted by molar-refractivity contribution is 7.98. The van der Waals surface area contributed by atoms with Crippen LogP contribution in [0.4, 0.5) is 0 Å². The molecule has 0 amide bonds. The van der Waals surface area contributed by atoms with Gasteiger partial charge in [-0.15, -0.1) is 11.8 Å². The van der Waals surface area contributed by atoms with E-state index < -0.39 is 5.97 Å². The van der Waals surface area contributed by atoms with Crippen LogP contribution in [0.25, 0.3) is 11.6 Å². The highest BCUT2D eigenvalue weighted by Crippen LogP contribution is 2.30. The number of rotatable bonds is 6. The zero-order valence-corrected chi connectivity index (χ0v) is 14.5. The van der Waals surface area contributed by atoms with Crippen molar-refractivity contribution in [1.29, 1.82) is 0 Å². The van der Waals surface area contributed by atoms with E-state index >= 15 is 0 Å². The molecular weight excluding hydrogens is 312 g/mol. The van der Waals surface area contributed by atoms with Crippen molar-refractivity contribution in [3.8, 4) is 5.75 Å². The Hall–Kier alpha value is -2.21. The van der Waals surface area contributed by atoms with Gasteiger partial charge in [-0.05, 0) is 37.0 Å². The first-order chi connectivity index (χ1) is 11.1. The number of carbonyl (C=O) groups is 1. The van der Waals surface area contributed by atoms with Crippen LogP contribution in [-0.4, -0.2) is 35.5 Å². The van der Waals surface area contributed by atoms with Crippen LogP contribution in [0.3, 0.4) is 0 Å². The second-order valence-electron chi connectivity index (χ2n) is 4.75. The van der Waals surface area contributed by atoms with Crippen molar-refractivity contribution < 1.29 is 14.3 Å². The van der Waals surface area contributed by atoms with E-state index in [0.717, 1.165) is 16.2 Å². The highest BCUT2D eigenvalue weighted by atomic mass is 32.2. The summed E-state index contributed by atoms with van der Waals surface area (Å²) in [6, 6.07) is 5.81. The van der Waals surface area contributed by atoms with Gasteiger partial charge in [-0.25, -0.2) is 9.78 Å². The van der Waals surface area contributed by atoms with Crippen LogP contribution in [0.2, 0.25) is 0 Å². The highest BCUT2D eigenvalue weighted by Gasteiger charge is 2.17. The molecule has 0 unspecified atom stereocenters. The zero-order valence-electron chi connectivity index (χ0n) is 13.7. The fraction of sp³-hybridized carbons (Fsp3) is 0.294. The van der Waals surface area contributed by atoms with Crippen LogP contribution in [0, 0.1) is 0 Å². The van der Waals surface area contributed by atoms with Gasteiger partial charge in [-0.1, -0.05) is 6.07 Å². The minimum absolute atomic E-state index is 0.315. The molecule has 1 heterocycles. The van der Waals surface area contributed by atoms with Crippen LogP contribution in [0.1, 0.15) is 18.3 Å². The Morgan fingerprint density at radius 1 is 1.43 bits per heavy atom. The van der Waals surface area contributed by atoms with Crippen LogP contribution in [-0.2, 0) is 16.6 Å². The SMILES string of the molecule is CCOC(=O)/C(=C\c1ccc(SC)c(OC)c1)c1nccn1C. The maximum atomic E-state index is 12.3. The molecule has 122 valence electrons. The molecule has 6 heteroatoms. The molecule has 0 saturated carbocycles. The first-order valence-corrected chi connectivity index (χ1v) is 8.41. The number of benzene rings is 1. The molecule has 0 bridgehead atoms. The quantitative estimate of drug-likeness (QED) is 0.462. The normalized spacial score (nSPS) is 11.4. The Morgan fingerprint density at radius 2 is 2.22 bits per heavy atom. The average molecular weight is 332 g/mol. The predicted octanol–water partition coefficient (Wildman–Crippen LogP) is 3.25. The van der Waals surface area contributed by atoms with Gasteiger partial charge in [0.1, 0.15) is 17.1 Å². The van der Waals surface area contributed by atoms with Gasteiger partial charge in [-0.2, -0.15) is 0 Å². The first-order valence-electron chi connectivity index (χ1n) is 7.19. The predicted molar refractivity (Wildman–Crippen MR) is 92.5 cm³/mol. The number of imidazole rings is 1. The van der Waals surface area contributed by atoms with Crippen molar-refractivity contribution in [3.05, 3.63) is 42.0 Å². The third-order valence-corrected chi connectivity index (χ3v) is 4.05. The van der Waals surface area contributed by atoms with E-state index in [1.54, 1.807) is 48.8 Å². The molecule has 0 saturated heterocycles. The van der Waals surface area contributed by atoms with Gasteiger partial charge in [0.25, 0.3) is 0 Å². The standard InChI is InChI=1S/C17H20N2O3S/c1-5-22-17(20)13(16-18-8-9-19(16)2)10-12-6-7-15(23-4)14(11-12)21-3/h6-11H,5H2,1-4H3/b13-10-. The van der Waals surface area contributed by atoms with Crippen molar-refractivity contribution in [2.45, 2.75) is 11.8 Å². The molecule has 0 atom stereocenters. The minimum Gasteiger partial charge on any atom is -0.496 e. The van der Waals surface area contributed by atoms with Crippen molar-refractivity contribution >= 4 is 29.4 Å². The lowest BCUT2D eigenvalue weighted by atomic mass is 10.1. The first kappa shape index (κ1) is 17.1. The van der Waals surface area contributed by atoms with Crippen molar-refractivity contribution in [3.63, 3.8) is 0 Å². The smallest absolute Gasteiger partial charge is 0.341 e. The van der Waals surface area contributed by atoms with E-state index in [1.165, 1.54) is 0 Å². The minimum atomic E-state index is -0.394. The number of methoxy groups -OCH3 is 1. The Kier molecular flexibility index (Phi) is 5.87. The maximum absolute atomic E-state index is 12.3. The van der Waals surface area contributed by atoms with Crippen molar-refractivity contribution in [2.24, 2.45) is 7.05 Å². The van der Waals surface area contributed by atoms with Crippen molar-refractivity contribution in [1.82, 2.24) is 9.55 Å². The van der Waals surface area contributed by atoms with Crippen LogP contribution in [0.15, 0.2) is 35.5 Å². The number of hydrogen-bond acceptors (Lipinski definition) is 5. The molecule has 0 spiro atoms. The van der Waals surface area contributed by atoms with Crippen molar-refractivity contribution in [2.75, 3.05) is 20.0 Å². The van der Waals surface area contributed by atoms with Gasteiger partial charge < -0.3 is 14.0 Å². The Morgan fingerprint density at radius 3 is 2.78 bits per heavy atom. The number of hydrogen-bond donors (Lipinski definition) is 0. The number of thioether (sulfide) groups is 1. The van der Waals surface area contributed by atoms with E-state index in [1.807, 2.05) is 31.5 Å². The third-order valence-electron chi connectivity index (χ3n) is 3.28. The lowest BCUT2D eigenvalue weighted by molar-refractivity contribution is -0.136. The number of nitrogens with zero attached hydrogens (tertiary/aromatic N) is 2. The summed E-state index contributed by atoms with van der Waals surface area (Å²) in [6.45, 7) is 2.10. The molecule has 23 heavy (non-hydrogen) atoms. The lowest BCUT2D eigenvalue weighted by Crippen LogP contribution is -2.10. The lowest BCUT2D eigenvalue weighted by Gasteiger charge is -2.09. The molecular formula is C17H20N2O3S. The molecule has 0 aliphatic carbocycles. The number of carbonyl (C=O) groups excluding carboxylic acids is 1. The molecule has 0 N–H and O–H groups in total. The second kappa shape index (κ2) is 7.87. The molecule has 5 nitrogen and oxygen atoms in total. The zero-order chi connectivity index (χ0) is 16.8. The van der Waals surface area contributed by atoms with E-state index in [0.29, 0.717) is 18.0 Å². The van der Waals surface area contributed by atoms with Gasteiger partial charge in [0, 0.05) is 24.3 Å². The number of aryl methyl sites for hydroxylation is 1. The Balaban J connectivity index is 2.49. The van der Waals surface area contributed by atoms with E-state index in [2.05, 4.69) is 4.98 Å². The Bertz CT molecular complexity index is 722. The van der Waals surface area contributed by atoms with E-state index in [4.69, 9.17) is 9.47 Å². The summed E-state index contributed by atoms with van der Waals surface area (Å²) in [5.41, 5.74) is 1.27. The summed E-state index contributed by atoms with van der Waals surface area (Å²) in [6.07, 6.45) is 7.21. The summed E-state index contributed by atoms with van der Waals surface area (Å²) in [7, 11) is 3.47. The van der Waals surface area contributed by atoms with Gasteiger partial charge in [-0.3, -0.25) is 0 Å². The maximum Gasteiger partial charge on any atom is 0.341 e. The molecule has 1 aromatic heterocycles.